The average molecular weight is 143 g/mol. The van der Waals surface area contributed by atoms with Crippen LogP contribution in [0.4, 0.5) is 0 Å². The summed E-state index contributed by atoms with van der Waals surface area (Å²) in [7, 11) is 0. The summed E-state index contributed by atoms with van der Waals surface area (Å²) in [5.74, 6) is 0. The third-order valence-electron chi connectivity index (χ3n) is 0.829. The predicted octanol–water partition coefficient (Wildman–Crippen LogP) is 2.59. The van der Waals surface area contributed by atoms with Gasteiger partial charge in [0.25, 0.3) is 0 Å². The van der Waals surface area contributed by atoms with Gasteiger partial charge in [0.2, 0.25) is 0 Å². The summed E-state index contributed by atoms with van der Waals surface area (Å²) in [6.07, 6.45) is 8.38. The molecular weight excluding hydrogens is 132 g/mol. The molecule has 0 fully saturated rings. The highest BCUT2D eigenvalue weighted by molar-refractivity contribution is 8.01. The maximum atomic E-state index is 9.75. The first-order valence-corrected chi connectivity index (χ1v) is 4.15. The average Bonchev–Trinajstić information content (AvgIpc) is 1.89. The summed E-state index contributed by atoms with van der Waals surface area (Å²) in [5.41, 5.74) is 0. The molecule has 51 valence electrons. The SMILES string of the molecule is CS/C=C/CC/C=C/[O]. The molecule has 0 atom stereocenters. The highest BCUT2D eigenvalue weighted by atomic mass is 32.2. The summed E-state index contributed by atoms with van der Waals surface area (Å²) < 4.78 is 0. The molecular formula is C7H11OS. The van der Waals surface area contributed by atoms with Crippen LogP contribution < -0.4 is 0 Å². The highest BCUT2D eigenvalue weighted by Crippen LogP contribution is 1.98. The maximum Gasteiger partial charge on any atom is 0.138 e. The van der Waals surface area contributed by atoms with Crippen molar-refractivity contribution in [1.82, 2.24) is 0 Å². The van der Waals surface area contributed by atoms with Gasteiger partial charge in [-0.3, -0.25) is 5.11 Å². The molecule has 0 bridgehead atoms. The van der Waals surface area contributed by atoms with Gasteiger partial charge in [0, 0.05) is 0 Å². The molecule has 1 radical (unpaired) electrons. The molecule has 0 heterocycles. The minimum Gasteiger partial charge on any atom is -0.299 e. The zero-order valence-electron chi connectivity index (χ0n) is 5.54. The molecule has 0 saturated heterocycles. The first-order valence-electron chi connectivity index (χ1n) is 2.86. The van der Waals surface area contributed by atoms with E-state index in [1.165, 1.54) is 0 Å². The van der Waals surface area contributed by atoms with Crippen LogP contribution in [0.1, 0.15) is 12.8 Å². The van der Waals surface area contributed by atoms with Crippen LogP contribution in [0.2, 0.25) is 0 Å². The summed E-state index contributed by atoms with van der Waals surface area (Å²) in [6, 6.07) is 0. The third-order valence-corrected chi connectivity index (χ3v) is 1.29. The highest BCUT2D eigenvalue weighted by Gasteiger charge is 1.74. The van der Waals surface area contributed by atoms with Crippen molar-refractivity contribution >= 4 is 11.8 Å². The van der Waals surface area contributed by atoms with E-state index in [-0.39, 0.29) is 0 Å². The van der Waals surface area contributed by atoms with Crippen LogP contribution in [-0.4, -0.2) is 6.26 Å². The predicted molar refractivity (Wildman–Crippen MR) is 41.7 cm³/mol. The normalized spacial score (nSPS) is 11.7. The zero-order valence-corrected chi connectivity index (χ0v) is 6.36. The smallest absolute Gasteiger partial charge is 0.138 e. The van der Waals surface area contributed by atoms with E-state index in [1.807, 2.05) is 11.7 Å². The first-order chi connectivity index (χ1) is 4.41. The molecule has 9 heavy (non-hydrogen) atoms. The second kappa shape index (κ2) is 7.63. The minimum absolute atomic E-state index is 0.840. The molecule has 0 amide bonds. The fraction of sp³-hybridized carbons (Fsp3) is 0.429. The van der Waals surface area contributed by atoms with Crippen molar-refractivity contribution in [3.05, 3.63) is 23.8 Å². The Hall–Kier alpha value is -0.370. The van der Waals surface area contributed by atoms with Crippen LogP contribution in [0.15, 0.2) is 23.8 Å². The first kappa shape index (κ1) is 8.63. The van der Waals surface area contributed by atoms with Crippen molar-refractivity contribution in [3.8, 4) is 0 Å². The molecule has 0 N–H and O–H groups in total. The van der Waals surface area contributed by atoms with Crippen molar-refractivity contribution < 1.29 is 5.11 Å². The van der Waals surface area contributed by atoms with E-state index in [2.05, 4.69) is 6.08 Å². The minimum atomic E-state index is 0.840. The molecule has 0 aliphatic carbocycles. The van der Waals surface area contributed by atoms with E-state index in [0.717, 1.165) is 19.1 Å². The summed E-state index contributed by atoms with van der Waals surface area (Å²) in [5, 5.41) is 11.8. The fourth-order valence-corrected chi connectivity index (χ4v) is 0.753. The summed E-state index contributed by atoms with van der Waals surface area (Å²) in [6.45, 7) is 0. The van der Waals surface area contributed by atoms with Crippen LogP contribution in [-0.2, 0) is 5.11 Å². The Morgan fingerprint density at radius 2 is 2.00 bits per heavy atom. The molecule has 1 nitrogen and oxygen atoms in total. The summed E-state index contributed by atoms with van der Waals surface area (Å²) in [4.78, 5) is 0. The van der Waals surface area contributed by atoms with E-state index < -0.39 is 0 Å². The van der Waals surface area contributed by atoms with Crippen LogP contribution in [0.3, 0.4) is 0 Å². The van der Waals surface area contributed by atoms with Gasteiger partial charge in [-0.2, -0.15) is 0 Å². The Kier molecular flexibility index (Phi) is 7.32. The van der Waals surface area contributed by atoms with Gasteiger partial charge in [-0.1, -0.05) is 6.08 Å². The van der Waals surface area contributed by atoms with Gasteiger partial charge in [-0.05, 0) is 30.6 Å². The van der Waals surface area contributed by atoms with Crippen LogP contribution >= 0.6 is 11.8 Å². The van der Waals surface area contributed by atoms with E-state index >= 15 is 0 Å². The van der Waals surface area contributed by atoms with Crippen molar-refractivity contribution in [3.63, 3.8) is 0 Å². The second-order valence-corrected chi connectivity index (χ2v) is 2.30. The number of unbranched alkanes of at least 4 members (excludes halogenated alkanes) is 1. The zero-order chi connectivity index (χ0) is 6.95. The lowest BCUT2D eigenvalue weighted by Crippen LogP contribution is -1.61. The van der Waals surface area contributed by atoms with Gasteiger partial charge in [0.15, 0.2) is 0 Å². The van der Waals surface area contributed by atoms with Crippen LogP contribution in [0, 0.1) is 0 Å². The van der Waals surface area contributed by atoms with E-state index in [1.54, 1.807) is 17.8 Å². The number of hydrogen-bond donors (Lipinski definition) is 0. The molecule has 0 aliphatic rings. The van der Waals surface area contributed by atoms with Gasteiger partial charge in [-0.15, -0.1) is 11.8 Å². The molecule has 0 aliphatic heterocycles. The Morgan fingerprint density at radius 1 is 1.33 bits per heavy atom. The molecule has 2 heteroatoms. The van der Waals surface area contributed by atoms with E-state index in [0.29, 0.717) is 0 Å². The lowest BCUT2D eigenvalue weighted by atomic mass is 10.3. The number of rotatable bonds is 4. The van der Waals surface area contributed by atoms with Crippen molar-refractivity contribution in [2.45, 2.75) is 12.8 Å². The molecule has 0 aromatic heterocycles. The van der Waals surface area contributed by atoms with Gasteiger partial charge in [0.05, 0.1) is 0 Å². The van der Waals surface area contributed by atoms with Gasteiger partial charge >= 0.3 is 0 Å². The Labute approximate surface area is 60.5 Å². The van der Waals surface area contributed by atoms with Gasteiger partial charge in [0.1, 0.15) is 6.26 Å². The molecule has 0 spiro atoms. The molecule has 0 unspecified atom stereocenters. The monoisotopic (exact) mass is 143 g/mol. The number of allylic oxidation sites excluding steroid dienone is 2. The Morgan fingerprint density at radius 3 is 2.56 bits per heavy atom. The maximum absolute atomic E-state index is 9.75. The topological polar surface area (TPSA) is 19.9 Å². The third kappa shape index (κ3) is 7.63. The number of thioether (sulfide) groups is 1. The number of hydrogen-bond acceptors (Lipinski definition) is 1. The van der Waals surface area contributed by atoms with Gasteiger partial charge in [-0.25, -0.2) is 0 Å². The molecule has 0 rings (SSSR count). The molecule has 0 aromatic carbocycles. The van der Waals surface area contributed by atoms with Crippen molar-refractivity contribution in [1.29, 1.82) is 0 Å². The Bertz CT molecular complexity index is 97.1. The van der Waals surface area contributed by atoms with Crippen LogP contribution in [0.25, 0.3) is 0 Å². The largest absolute Gasteiger partial charge is 0.299 e. The summed E-state index contributed by atoms with van der Waals surface area (Å²) >= 11 is 1.68. The Balaban J connectivity index is 2.99. The van der Waals surface area contributed by atoms with E-state index in [9.17, 15) is 5.11 Å². The van der Waals surface area contributed by atoms with Gasteiger partial charge < -0.3 is 0 Å². The standard InChI is InChI=1S/C7H11OS/c1-9-7-5-3-2-4-6-8/h4-7H,2-3H2,1H3/b6-4+,7-5+. The van der Waals surface area contributed by atoms with Crippen molar-refractivity contribution in [2.75, 3.05) is 6.26 Å². The van der Waals surface area contributed by atoms with Crippen LogP contribution in [0.5, 0.6) is 0 Å². The quantitative estimate of drug-likeness (QED) is 0.437. The van der Waals surface area contributed by atoms with E-state index in [4.69, 9.17) is 0 Å². The lowest BCUT2D eigenvalue weighted by molar-refractivity contribution is 0.350. The lowest BCUT2D eigenvalue weighted by Gasteiger charge is -1.82. The van der Waals surface area contributed by atoms with Crippen molar-refractivity contribution in [2.24, 2.45) is 0 Å². The second-order valence-electron chi connectivity index (χ2n) is 1.56. The molecule has 0 saturated carbocycles. The molecule has 0 aromatic rings. The fourth-order valence-electron chi connectivity index (χ4n) is 0.425.